The first-order chi connectivity index (χ1) is 15.0. The average molecular weight is 424 g/mol. The zero-order valence-electron chi connectivity index (χ0n) is 18.4. The highest BCUT2D eigenvalue weighted by molar-refractivity contribution is 6.02. The van der Waals surface area contributed by atoms with E-state index in [0.717, 1.165) is 17.8 Å². The van der Waals surface area contributed by atoms with Crippen molar-refractivity contribution in [3.63, 3.8) is 0 Å². The van der Waals surface area contributed by atoms with E-state index in [1.807, 2.05) is 36.4 Å². The van der Waals surface area contributed by atoms with Crippen LogP contribution in [0.4, 0.5) is 0 Å². The fourth-order valence-corrected chi connectivity index (χ4v) is 5.86. The van der Waals surface area contributed by atoms with Crippen molar-refractivity contribution in [2.45, 2.75) is 10.8 Å². The van der Waals surface area contributed by atoms with Crippen LogP contribution in [0.5, 0.6) is 23.0 Å². The fourth-order valence-electron chi connectivity index (χ4n) is 5.86. The molecule has 0 atom stereocenters. The Kier molecular flexibility index (Phi) is 4.64. The van der Waals surface area contributed by atoms with Gasteiger partial charge in [0.2, 0.25) is 0 Å². The van der Waals surface area contributed by atoms with Crippen molar-refractivity contribution in [1.82, 2.24) is 9.80 Å². The maximum Gasteiger partial charge on any atom is 0.161 e. The summed E-state index contributed by atoms with van der Waals surface area (Å²) in [6, 6.07) is 11.7. The van der Waals surface area contributed by atoms with Gasteiger partial charge >= 0.3 is 0 Å². The van der Waals surface area contributed by atoms with Crippen LogP contribution in [-0.2, 0) is 15.6 Å². The fraction of sp³-hybridized carbons (Fsp3) is 0.458. The van der Waals surface area contributed by atoms with Gasteiger partial charge in [0.15, 0.2) is 28.8 Å². The van der Waals surface area contributed by atoms with E-state index in [0.29, 0.717) is 49.2 Å². The summed E-state index contributed by atoms with van der Waals surface area (Å²) < 4.78 is 21.9. The molecule has 0 aliphatic carbocycles. The molecule has 0 spiro atoms. The quantitative estimate of drug-likeness (QED) is 0.704. The van der Waals surface area contributed by atoms with Gasteiger partial charge in [0, 0.05) is 26.2 Å². The number of nitrogens with zero attached hydrogens (tertiary/aromatic N) is 2. The summed E-state index contributed by atoms with van der Waals surface area (Å²) in [7, 11) is 6.50. The molecule has 164 valence electrons. The number of rotatable bonds is 6. The number of methoxy groups -OCH3 is 4. The highest BCUT2D eigenvalue weighted by Crippen LogP contribution is 2.51. The maximum absolute atomic E-state index is 14.3. The summed E-state index contributed by atoms with van der Waals surface area (Å²) >= 11 is 0. The second-order valence-electron chi connectivity index (χ2n) is 8.75. The zero-order valence-corrected chi connectivity index (χ0v) is 18.4. The summed E-state index contributed by atoms with van der Waals surface area (Å²) in [5.41, 5.74) is 0.742. The molecule has 4 saturated heterocycles. The molecule has 0 radical (unpaired) electrons. The molecule has 4 aliphatic heterocycles. The van der Waals surface area contributed by atoms with Crippen molar-refractivity contribution in [2.24, 2.45) is 0 Å². The Morgan fingerprint density at radius 3 is 1.39 bits per heavy atom. The molecule has 2 aromatic carbocycles. The monoisotopic (exact) mass is 424 g/mol. The van der Waals surface area contributed by atoms with E-state index < -0.39 is 10.8 Å². The molecule has 4 bridgehead atoms. The van der Waals surface area contributed by atoms with E-state index >= 15 is 0 Å². The topological polar surface area (TPSA) is 60.5 Å². The largest absolute Gasteiger partial charge is 0.493 e. The number of carbonyl (C=O) groups excluding carboxylic acids is 1. The Balaban J connectivity index is 1.64. The molecule has 7 nitrogen and oxygen atoms in total. The van der Waals surface area contributed by atoms with Crippen LogP contribution in [0.3, 0.4) is 0 Å². The summed E-state index contributed by atoms with van der Waals surface area (Å²) in [6.07, 6.45) is 0. The lowest BCUT2D eigenvalue weighted by atomic mass is 9.56. The Bertz CT molecular complexity index is 945. The highest BCUT2D eigenvalue weighted by atomic mass is 16.5. The van der Waals surface area contributed by atoms with Gasteiger partial charge < -0.3 is 18.9 Å². The highest BCUT2D eigenvalue weighted by Gasteiger charge is 2.64. The lowest BCUT2D eigenvalue weighted by Crippen LogP contribution is -2.79. The molecule has 4 aliphatic rings. The van der Waals surface area contributed by atoms with Gasteiger partial charge in [-0.15, -0.1) is 0 Å². The van der Waals surface area contributed by atoms with E-state index in [1.165, 1.54) is 0 Å². The molecular formula is C24H28N2O5. The molecule has 2 aromatic rings. The second-order valence-corrected chi connectivity index (χ2v) is 8.75. The van der Waals surface area contributed by atoms with Gasteiger partial charge in [-0.2, -0.15) is 0 Å². The minimum atomic E-state index is -0.610. The van der Waals surface area contributed by atoms with Gasteiger partial charge in [-0.25, -0.2) is 0 Å². The Hall–Kier alpha value is -2.77. The van der Waals surface area contributed by atoms with Gasteiger partial charge in [-0.3, -0.25) is 14.6 Å². The molecule has 0 unspecified atom stereocenters. The van der Waals surface area contributed by atoms with E-state index in [-0.39, 0.29) is 5.78 Å². The molecule has 4 heterocycles. The molecule has 4 fully saturated rings. The number of hydrogen-bond donors (Lipinski definition) is 0. The smallest absolute Gasteiger partial charge is 0.161 e. The van der Waals surface area contributed by atoms with Crippen LogP contribution >= 0.6 is 0 Å². The Labute approximate surface area is 182 Å². The van der Waals surface area contributed by atoms with E-state index in [4.69, 9.17) is 18.9 Å². The van der Waals surface area contributed by atoms with E-state index in [2.05, 4.69) is 9.80 Å². The van der Waals surface area contributed by atoms with Crippen molar-refractivity contribution in [2.75, 3.05) is 61.3 Å². The minimum absolute atomic E-state index is 0.270. The van der Waals surface area contributed by atoms with Crippen molar-refractivity contribution < 1.29 is 23.7 Å². The van der Waals surface area contributed by atoms with Crippen LogP contribution in [0, 0.1) is 0 Å². The maximum atomic E-state index is 14.3. The number of carbonyl (C=O) groups is 1. The van der Waals surface area contributed by atoms with Gasteiger partial charge in [0.05, 0.1) is 45.9 Å². The third kappa shape index (κ3) is 2.76. The first-order valence-corrected chi connectivity index (χ1v) is 10.4. The molecular weight excluding hydrogens is 396 g/mol. The molecule has 0 N–H and O–H groups in total. The van der Waals surface area contributed by atoms with Crippen LogP contribution in [0.2, 0.25) is 0 Å². The summed E-state index contributed by atoms with van der Waals surface area (Å²) in [5, 5.41) is 0. The van der Waals surface area contributed by atoms with Gasteiger partial charge in [-0.1, -0.05) is 12.1 Å². The molecule has 6 rings (SSSR count). The number of benzene rings is 2. The molecule has 0 aromatic heterocycles. The van der Waals surface area contributed by atoms with Crippen molar-refractivity contribution >= 4 is 5.78 Å². The predicted molar refractivity (Wildman–Crippen MR) is 115 cm³/mol. The number of ketones is 1. The van der Waals surface area contributed by atoms with Crippen LogP contribution < -0.4 is 18.9 Å². The summed E-state index contributed by atoms with van der Waals surface area (Å²) in [6.45, 7) is 3.75. The first-order valence-electron chi connectivity index (χ1n) is 10.4. The number of ether oxygens (including phenoxy) is 4. The van der Waals surface area contributed by atoms with Crippen LogP contribution in [0.1, 0.15) is 11.1 Å². The predicted octanol–water partition coefficient (Wildman–Crippen LogP) is 2.07. The van der Waals surface area contributed by atoms with Crippen LogP contribution in [-0.4, -0.2) is 76.9 Å². The molecule has 31 heavy (non-hydrogen) atoms. The lowest BCUT2D eigenvalue weighted by molar-refractivity contribution is -0.159. The first kappa shape index (κ1) is 20.2. The second kappa shape index (κ2) is 7.14. The van der Waals surface area contributed by atoms with E-state index in [1.54, 1.807) is 28.4 Å². The SMILES string of the molecule is COc1ccc(C23CN4CN(C2)CC(c2ccc(OC)c(OC)c2)(C4)C3=O)cc1OC. The summed E-state index contributed by atoms with van der Waals surface area (Å²) in [4.78, 5) is 19.1. The lowest BCUT2D eigenvalue weighted by Gasteiger charge is -2.63. The Morgan fingerprint density at radius 2 is 1.03 bits per heavy atom. The standard InChI is InChI=1S/C24H28N2O5/c1-28-18-7-5-16(9-20(18)30-3)23-11-25-13-24(22(23)27,14-26(12-23)15-25)17-6-8-19(29-2)21(10-17)31-4/h5-10H,11-15H2,1-4H3. The van der Waals surface area contributed by atoms with Crippen molar-refractivity contribution in [1.29, 1.82) is 0 Å². The summed E-state index contributed by atoms with van der Waals surface area (Å²) in [5.74, 6) is 2.89. The van der Waals surface area contributed by atoms with Crippen molar-refractivity contribution in [3.05, 3.63) is 47.5 Å². The Morgan fingerprint density at radius 1 is 0.645 bits per heavy atom. The normalized spacial score (nSPS) is 30.9. The van der Waals surface area contributed by atoms with Gasteiger partial charge in [0.25, 0.3) is 0 Å². The number of piperidine rings is 2. The van der Waals surface area contributed by atoms with E-state index in [9.17, 15) is 4.79 Å². The molecule has 0 amide bonds. The zero-order chi connectivity index (χ0) is 21.8. The van der Waals surface area contributed by atoms with Crippen LogP contribution in [0.15, 0.2) is 36.4 Å². The number of hydrogen-bond acceptors (Lipinski definition) is 7. The third-order valence-corrected chi connectivity index (χ3v) is 7.12. The van der Waals surface area contributed by atoms with Gasteiger partial charge in [0.1, 0.15) is 0 Å². The van der Waals surface area contributed by atoms with Gasteiger partial charge in [-0.05, 0) is 35.4 Å². The molecule has 0 saturated carbocycles. The molecule has 7 heteroatoms. The van der Waals surface area contributed by atoms with Crippen LogP contribution in [0.25, 0.3) is 0 Å². The minimum Gasteiger partial charge on any atom is -0.493 e. The third-order valence-electron chi connectivity index (χ3n) is 7.12. The van der Waals surface area contributed by atoms with Crippen molar-refractivity contribution in [3.8, 4) is 23.0 Å². The number of Topliss-reactive ketones (excluding diaryl/α,β-unsaturated/α-hetero) is 1. The average Bonchev–Trinajstić information content (AvgIpc) is 2.80.